The highest BCUT2D eigenvalue weighted by molar-refractivity contribution is 9.26. The highest BCUT2D eigenvalue weighted by Gasteiger charge is 2.69. The molecule has 1 amide bonds. The summed E-state index contributed by atoms with van der Waals surface area (Å²) in [5, 5.41) is 8.97. The monoisotopic (exact) mass is 357 g/mol. The lowest BCUT2D eigenvalue weighted by molar-refractivity contribution is -0.157. The van der Waals surface area contributed by atoms with Gasteiger partial charge in [0.05, 0.1) is 0 Å². The molecule has 15 heavy (non-hydrogen) atoms. The van der Waals surface area contributed by atoms with Crippen molar-refractivity contribution >= 4 is 55.5 Å². The SMILES string of the molecule is CC1(C)SC2N(C(=O)C2(Br)Br)C1C(=O)O. The van der Waals surface area contributed by atoms with Gasteiger partial charge in [-0.1, -0.05) is 31.9 Å². The summed E-state index contributed by atoms with van der Waals surface area (Å²) in [6, 6.07) is -0.747. The number of carbonyl (C=O) groups excluding carboxylic acids is 1. The first kappa shape index (κ1) is 11.7. The van der Waals surface area contributed by atoms with Crippen LogP contribution in [0.2, 0.25) is 0 Å². The molecular weight excluding hydrogens is 350 g/mol. The van der Waals surface area contributed by atoms with Crippen molar-refractivity contribution in [2.45, 2.75) is 33.2 Å². The van der Waals surface area contributed by atoms with Crippen molar-refractivity contribution in [3.05, 3.63) is 0 Å². The molecule has 7 heteroatoms. The zero-order valence-electron chi connectivity index (χ0n) is 8.03. The summed E-state index contributed by atoms with van der Waals surface area (Å²) in [5.41, 5.74) is 0. The van der Waals surface area contributed by atoms with E-state index >= 15 is 0 Å². The average molecular weight is 359 g/mol. The molecule has 0 aromatic heterocycles. The number of nitrogens with zero attached hydrogens (tertiary/aromatic N) is 1. The van der Waals surface area contributed by atoms with E-state index in [0.29, 0.717) is 0 Å². The lowest BCUT2D eigenvalue weighted by Gasteiger charge is -2.46. The van der Waals surface area contributed by atoms with Gasteiger partial charge in [-0.3, -0.25) is 4.79 Å². The van der Waals surface area contributed by atoms with E-state index in [2.05, 4.69) is 31.9 Å². The summed E-state index contributed by atoms with van der Waals surface area (Å²) in [6.07, 6.45) is 0. The number of carboxylic acid groups (broad SMARTS) is 1. The van der Waals surface area contributed by atoms with E-state index in [1.54, 1.807) is 0 Å². The minimum Gasteiger partial charge on any atom is -0.480 e. The third-order valence-electron chi connectivity index (χ3n) is 2.67. The minimum atomic E-state index is -0.946. The summed E-state index contributed by atoms with van der Waals surface area (Å²) < 4.78 is -1.25. The first-order valence-electron chi connectivity index (χ1n) is 4.31. The third-order valence-corrected chi connectivity index (χ3v) is 6.45. The molecule has 2 atom stereocenters. The molecule has 0 aliphatic carbocycles. The van der Waals surface area contributed by atoms with Gasteiger partial charge in [0, 0.05) is 4.75 Å². The van der Waals surface area contributed by atoms with Crippen LogP contribution in [-0.2, 0) is 9.59 Å². The molecule has 2 saturated heterocycles. The van der Waals surface area contributed by atoms with Crippen LogP contribution >= 0.6 is 43.6 Å². The number of hydrogen-bond donors (Lipinski definition) is 1. The molecule has 2 fully saturated rings. The van der Waals surface area contributed by atoms with E-state index in [0.717, 1.165) is 0 Å². The van der Waals surface area contributed by atoms with Crippen molar-refractivity contribution < 1.29 is 14.7 Å². The number of alkyl halides is 2. The Morgan fingerprint density at radius 3 is 2.53 bits per heavy atom. The van der Waals surface area contributed by atoms with E-state index in [9.17, 15) is 9.59 Å². The van der Waals surface area contributed by atoms with Crippen molar-refractivity contribution in [1.29, 1.82) is 0 Å². The number of halogens is 2. The summed E-state index contributed by atoms with van der Waals surface area (Å²) in [5.74, 6) is -1.16. The van der Waals surface area contributed by atoms with E-state index in [4.69, 9.17) is 5.11 Å². The van der Waals surface area contributed by atoms with Gasteiger partial charge in [0.2, 0.25) is 0 Å². The summed E-state index contributed by atoms with van der Waals surface area (Å²) in [7, 11) is 0. The van der Waals surface area contributed by atoms with Crippen molar-refractivity contribution in [3.8, 4) is 0 Å². The Kier molecular flexibility index (Phi) is 2.45. The van der Waals surface area contributed by atoms with E-state index in [-0.39, 0.29) is 11.3 Å². The average Bonchev–Trinajstić information content (AvgIpc) is 2.35. The standard InChI is InChI=1S/C8H9Br2NO3S/c1-7(2)3(4(12)13)11-5(14)8(9,10)6(11)15-7/h3,6H,1-2H3,(H,12,13). The largest absolute Gasteiger partial charge is 0.480 e. The number of carbonyl (C=O) groups is 2. The van der Waals surface area contributed by atoms with Crippen LogP contribution in [0, 0.1) is 0 Å². The minimum absolute atomic E-state index is 0.152. The predicted octanol–water partition coefficient (Wildman–Crippen LogP) is 1.62. The molecule has 2 heterocycles. The Morgan fingerprint density at radius 1 is 1.53 bits per heavy atom. The molecule has 0 saturated carbocycles. The van der Waals surface area contributed by atoms with E-state index in [1.807, 2.05) is 13.8 Å². The number of fused-ring (bicyclic) bond motifs is 1. The molecular formula is C8H9Br2NO3S. The van der Waals surface area contributed by atoms with Crippen LogP contribution in [0.15, 0.2) is 0 Å². The normalized spacial score (nSPS) is 36.0. The highest BCUT2D eigenvalue weighted by atomic mass is 79.9. The smallest absolute Gasteiger partial charge is 0.327 e. The molecule has 0 aromatic carbocycles. The molecule has 2 aliphatic heterocycles. The van der Waals surface area contributed by atoms with Gasteiger partial charge in [0.25, 0.3) is 5.91 Å². The summed E-state index contributed by atoms with van der Waals surface area (Å²) in [6.45, 7) is 3.69. The maximum absolute atomic E-state index is 11.7. The molecule has 2 aliphatic rings. The quantitative estimate of drug-likeness (QED) is 0.571. The first-order chi connectivity index (χ1) is 6.69. The van der Waals surface area contributed by atoms with Crippen LogP contribution in [-0.4, -0.2) is 41.3 Å². The highest BCUT2D eigenvalue weighted by Crippen LogP contribution is 2.60. The molecule has 2 rings (SSSR count). The molecule has 0 radical (unpaired) electrons. The lowest BCUT2D eigenvalue weighted by atomic mass is 9.98. The first-order valence-corrected chi connectivity index (χ1v) is 6.77. The molecule has 1 N–H and O–H groups in total. The number of hydrogen-bond acceptors (Lipinski definition) is 3. The Balaban J connectivity index is 2.37. The Hall–Kier alpha value is 0.250. The number of amides is 1. The molecule has 0 aromatic rings. The van der Waals surface area contributed by atoms with Crippen LogP contribution in [0.1, 0.15) is 13.8 Å². The molecule has 0 bridgehead atoms. The van der Waals surface area contributed by atoms with Gasteiger partial charge in [-0.25, -0.2) is 4.79 Å². The Morgan fingerprint density at radius 2 is 2.07 bits per heavy atom. The van der Waals surface area contributed by atoms with Gasteiger partial charge in [-0.15, -0.1) is 11.8 Å². The fraction of sp³-hybridized carbons (Fsp3) is 0.750. The van der Waals surface area contributed by atoms with Crippen LogP contribution in [0.3, 0.4) is 0 Å². The topological polar surface area (TPSA) is 57.6 Å². The van der Waals surface area contributed by atoms with Crippen molar-refractivity contribution in [1.82, 2.24) is 4.90 Å². The number of β-lactam (4-membered cyclic amide) rings is 1. The maximum atomic E-state index is 11.7. The lowest BCUT2D eigenvalue weighted by Crippen LogP contribution is -2.68. The van der Waals surface area contributed by atoms with Gasteiger partial charge in [0.15, 0.2) is 3.23 Å². The van der Waals surface area contributed by atoms with Crippen LogP contribution in [0.5, 0.6) is 0 Å². The van der Waals surface area contributed by atoms with E-state index in [1.165, 1.54) is 16.7 Å². The molecule has 2 unspecified atom stereocenters. The second-order valence-electron chi connectivity index (χ2n) is 4.15. The molecule has 0 spiro atoms. The van der Waals surface area contributed by atoms with Crippen LogP contribution in [0.25, 0.3) is 0 Å². The molecule has 84 valence electrons. The van der Waals surface area contributed by atoms with Crippen LogP contribution < -0.4 is 0 Å². The van der Waals surface area contributed by atoms with Crippen molar-refractivity contribution in [3.63, 3.8) is 0 Å². The zero-order valence-corrected chi connectivity index (χ0v) is 12.0. The van der Waals surface area contributed by atoms with Gasteiger partial charge < -0.3 is 10.0 Å². The third kappa shape index (κ3) is 1.39. The predicted molar refractivity (Wildman–Crippen MR) is 64.3 cm³/mol. The van der Waals surface area contributed by atoms with Crippen LogP contribution in [0.4, 0.5) is 0 Å². The van der Waals surface area contributed by atoms with Crippen molar-refractivity contribution in [2.24, 2.45) is 0 Å². The maximum Gasteiger partial charge on any atom is 0.327 e. The Bertz CT molecular complexity index is 358. The summed E-state index contributed by atoms with van der Waals surface area (Å²) in [4.78, 5) is 24.3. The fourth-order valence-corrected chi connectivity index (χ4v) is 4.89. The Labute approximate surface area is 108 Å². The molecule has 4 nitrogen and oxygen atoms in total. The number of carboxylic acids is 1. The van der Waals surface area contributed by atoms with Gasteiger partial charge in [-0.05, 0) is 13.8 Å². The van der Waals surface area contributed by atoms with Crippen molar-refractivity contribution in [2.75, 3.05) is 0 Å². The fourth-order valence-electron chi connectivity index (χ4n) is 1.98. The summed E-state index contributed by atoms with van der Waals surface area (Å²) >= 11 is 8.05. The van der Waals surface area contributed by atoms with Gasteiger partial charge in [-0.2, -0.15) is 0 Å². The van der Waals surface area contributed by atoms with Gasteiger partial charge >= 0.3 is 5.97 Å². The number of aliphatic carboxylic acids is 1. The van der Waals surface area contributed by atoms with Gasteiger partial charge in [0.1, 0.15) is 11.4 Å². The number of rotatable bonds is 1. The number of thioether (sulfide) groups is 1. The second-order valence-corrected chi connectivity index (χ2v) is 9.45. The van der Waals surface area contributed by atoms with E-state index < -0.39 is 20.0 Å². The zero-order chi connectivity index (χ0) is 11.6. The second kappa shape index (κ2) is 3.13.